The van der Waals surface area contributed by atoms with E-state index in [0.29, 0.717) is 18.2 Å². The molecule has 0 radical (unpaired) electrons. The molecule has 2 aliphatic rings. The van der Waals surface area contributed by atoms with E-state index in [0.717, 1.165) is 6.42 Å². The molecule has 0 spiro atoms. The number of urea groups is 1. The van der Waals surface area contributed by atoms with Crippen LogP contribution in [0.2, 0.25) is 0 Å². The van der Waals surface area contributed by atoms with E-state index in [9.17, 15) is 9.59 Å². The van der Waals surface area contributed by atoms with Crippen LogP contribution in [-0.4, -0.2) is 46.2 Å². The Labute approximate surface area is 111 Å². The third-order valence-electron chi connectivity index (χ3n) is 4.21. The first-order valence-electron chi connectivity index (χ1n) is 6.43. The fourth-order valence-corrected chi connectivity index (χ4v) is 3.69. The van der Waals surface area contributed by atoms with E-state index in [2.05, 4.69) is 12.2 Å². The average Bonchev–Trinajstić information content (AvgIpc) is 2.76. The summed E-state index contributed by atoms with van der Waals surface area (Å²) < 4.78 is 0. The predicted molar refractivity (Wildman–Crippen MR) is 70.6 cm³/mol. The number of hydrogen-bond donors (Lipinski definition) is 2. The number of rotatable bonds is 4. The molecule has 5 nitrogen and oxygen atoms in total. The van der Waals surface area contributed by atoms with Crippen LogP contribution in [0.1, 0.15) is 32.6 Å². The first-order chi connectivity index (χ1) is 8.58. The highest BCUT2D eigenvalue weighted by atomic mass is 32.2. The number of aliphatic carboxylic acids is 1. The Kier molecular flexibility index (Phi) is 4.04. The van der Waals surface area contributed by atoms with Crippen LogP contribution >= 0.6 is 11.8 Å². The molecule has 1 saturated carbocycles. The molecule has 2 N–H and O–H groups in total. The summed E-state index contributed by atoms with van der Waals surface area (Å²) in [5.41, 5.74) is 0.265. The van der Waals surface area contributed by atoms with Crippen molar-refractivity contribution in [3.05, 3.63) is 0 Å². The summed E-state index contributed by atoms with van der Waals surface area (Å²) in [5.74, 6) is 0.0489. The van der Waals surface area contributed by atoms with Crippen molar-refractivity contribution in [1.29, 1.82) is 0 Å². The lowest BCUT2D eigenvalue weighted by Gasteiger charge is -2.41. The third kappa shape index (κ3) is 2.58. The van der Waals surface area contributed by atoms with Crippen molar-refractivity contribution in [2.24, 2.45) is 5.41 Å². The first-order valence-corrected chi connectivity index (χ1v) is 7.58. The largest absolute Gasteiger partial charge is 0.480 e. The second-order valence-corrected chi connectivity index (χ2v) is 6.19. The van der Waals surface area contributed by atoms with Gasteiger partial charge in [-0.05, 0) is 24.7 Å². The van der Waals surface area contributed by atoms with Crippen molar-refractivity contribution >= 4 is 23.8 Å². The van der Waals surface area contributed by atoms with Gasteiger partial charge >= 0.3 is 12.0 Å². The normalized spacial score (nSPS) is 25.6. The molecule has 0 aromatic carbocycles. The van der Waals surface area contributed by atoms with E-state index >= 15 is 0 Å². The van der Waals surface area contributed by atoms with Gasteiger partial charge in [0.2, 0.25) is 0 Å². The molecule has 2 rings (SSSR count). The van der Waals surface area contributed by atoms with Gasteiger partial charge in [-0.2, -0.15) is 0 Å². The van der Waals surface area contributed by atoms with E-state index < -0.39 is 12.0 Å². The molecule has 1 heterocycles. The molecule has 1 saturated heterocycles. The molecule has 102 valence electrons. The van der Waals surface area contributed by atoms with E-state index in [1.54, 1.807) is 0 Å². The molecular weight excluding hydrogens is 252 g/mol. The highest BCUT2D eigenvalue weighted by Gasteiger charge is 2.38. The van der Waals surface area contributed by atoms with Gasteiger partial charge in [0.1, 0.15) is 6.04 Å². The predicted octanol–water partition coefficient (Wildman–Crippen LogP) is 1.74. The maximum absolute atomic E-state index is 12.0. The number of hydrogen-bond acceptors (Lipinski definition) is 3. The van der Waals surface area contributed by atoms with Crippen LogP contribution in [0.25, 0.3) is 0 Å². The van der Waals surface area contributed by atoms with E-state index in [1.807, 2.05) is 0 Å². The van der Waals surface area contributed by atoms with Crippen molar-refractivity contribution in [3.8, 4) is 0 Å². The minimum atomic E-state index is -0.913. The Hall–Kier alpha value is -0.910. The molecular formula is C12H20N2O3S. The van der Waals surface area contributed by atoms with Crippen LogP contribution < -0.4 is 5.32 Å². The Morgan fingerprint density at radius 1 is 1.50 bits per heavy atom. The summed E-state index contributed by atoms with van der Waals surface area (Å²) in [5, 5.41) is 11.9. The Morgan fingerprint density at radius 3 is 2.72 bits per heavy atom. The van der Waals surface area contributed by atoms with Gasteiger partial charge in [0.25, 0.3) is 0 Å². The summed E-state index contributed by atoms with van der Waals surface area (Å²) in [4.78, 5) is 24.4. The Balaban J connectivity index is 1.86. The zero-order chi connectivity index (χ0) is 13.2. The van der Waals surface area contributed by atoms with Gasteiger partial charge in [-0.1, -0.05) is 13.3 Å². The lowest BCUT2D eigenvalue weighted by Crippen LogP contribution is -2.50. The van der Waals surface area contributed by atoms with Gasteiger partial charge in [-0.25, -0.2) is 9.59 Å². The molecule has 6 heteroatoms. The zero-order valence-electron chi connectivity index (χ0n) is 10.6. The van der Waals surface area contributed by atoms with Crippen LogP contribution in [0.3, 0.4) is 0 Å². The number of amides is 2. The van der Waals surface area contributed by atoms with Gasteiger partial charge in [0.05, 0.1) is 5.88 Å². The molecule has 1 unspecified atom stereocenters. The number of carbonyl (C=O) groups excluding carboxylic acids is 1. The topological polar surface area (TPSA) is 69.6 Å². The lowest BCUT2D eigenvalue weighted by atomic mass is 9.67. The number of carbonyl (C=O) groups is 2. The van der Waals surface area contributed by atoms with Crippen molar-refractivity contribution in [3.63, 3.8) is 0 Å². The molecule has 0 aromatic heterocycles. The maximum Gasteiger partial charge on any atom is 0.327 e. The first kappa shape index (κ1) is 13.5. The lowest BCUT2D eigenvalue weighted by molar-refractivity contribution is -0.140. The smallest absolute Gasteiger partial charge is 0.327 e. The third-order valence-corrected chi connectivity index (χ3v) is 5.22. The number of carboxylic acid groups (broad SMARTS) is 1. The second kappa shape index (κ2) is 5.38. The van der Waals surface area contributed by atoms with Crippen LogP contribution in [0.15, 0.2) is 0 Å². The number of nitrogens with one attached hydrogen (secondary N) is 1. The van der Waals surface area contributed by atoms with Gasteiger partial charge in [0.15, 0.2) is 0 Å². The van der Waals surface area contributed by atoms with Crippen LogP contribution in [0.4, 0.5) is 4.79 Å². The monoisotopic (exact) mass is 272 g/mol. The van der Waals surface area contributed by atoms with Gasteiger partial charge < -0.3 is 15.3 Å². The Morgan fingerprint density at radius 2 is 2.22 bits per heavy atom. The molecule has 18 heavy (non-hydrogen) atoms. The van der Waals surface area contributed by atoms with E-state index in [-0.39, 0.29) is 11.4 Å². The molecule has 0 bridgehead atoms. The minimum Gasteiger partial charge on any atom is -0.480 e. The fourth-order valence-electron chi connectivity index (χ4n) is 2.54. The number of carboxylic acids is 1. The second-order valence-electron chi connectivity index (χ2n) is 5.19. The molecule has 1 aliphatic carbocycles. The maximum atomic E-state index is 12.0. The van der Waals surface area contributed by atoms with Crippen LogP contribution in [0.5, 0.6) is 0 Å². The average molecular weight is 272 g/mol. The standard InChI is InChI=1S/C12H20N2O3S/c1-2-12(4-3-5-12)7-13-11(17)14-8-18-6-9(14)10(15)16/h9H,2-8H2,1H3,(H,13,17)(H,15,16). The number of nitrogens with zero attached hydrogens (tertiary/aromatic N) is 1. The van der Waals surface area contributed by atoms with Crippen molar-refractivity contribution in [2.75, 3.05) is 18.2 Å². The SMILES string of the molecule is CCC1(CNC(=O)N2CSCC2C(=O)O)CCC1. The molecule has 1 atom stereocenters. The molecule has 0 aromatic rings. The van der Waals surface area contributed by atoms with Crippen molar-refractivity contribution in [2.45, 2.75) is 38.6 Å². The molecule has 2 amide bonds. The van der Waals surface area contributed by atoms with E-state index in [4.69, 9.17) is 5.11 Å². The van der Waals surface area contributed by atoms with E-state index in [1.165, 1.54) is 35.9 Å². The highest BCUT2D eigenvalue weighted by molar-refractivity contribution is 7.99. The van der Waals surface area contributed by atoms with Gasteiger partial charge in [-0.3, -0.25) is 0 Å². The van der Waals surface area contributed by atoms with Crippen molar-refractivity contribution in [1.82, 2.24) is 10.2 Å². The summed E-state index contributed by atoms with van der Waals surface area (Å²) in [6, 6.07) is -0.902. The van der Waals surface area contributed by atoms with Crippen LogP contribution in [0, 0.1) is 5.41 Å². The van der Waals surface area contributed by atoms with Gasteiger partial charge in [-0.15, -0.1) is 11.8 Å². The fraction of sp³-hybridized carbons (Fsp3) is 0.833. The van der Waals surface area contributed by atoms with Crippen LogP contribution in [-0.2, 0) is 4.79 Å². The minimum absolute atomic E-state index is 0.230. The molecule has 2 fully saturated rings. The molecule has 1 aliphatic heterocycles. The summed E-state index contributed by atoms with van der Waals surface area (Å²) in [6.45, 7) is 2.83. The highest BCUT2D eigenvalue weighted by Crippen LogP contribution is 2.43. The van der Waals surface area contributed by atoms with Gasteiger partial charge in [0, 0.05) is 12.3 Å². The Bertz CT molecular complexity index is 339. The van der Waals surface area contributed by atoms with Crippen molar-refractivity contribution < 1.29 is 14.7 Å². The summed E-state index contributed by atoms with van der Waals surface area (Å²) in [6.07, 6.45) is 4.65. The summed E-state index contributed by atoms with van der Waals surface area (Å²) >= 11 is 1.49. The quantitative estimate of drug-likeness (QED) is 0.818. The summed E-state index contributed by atoms with van der Waals surface area (Å²) in [7, 11) is 0. The number of thioether (sulfide) groups is 1. The zero-order valence-corrected chi connectivity index (χ0v) is 11.5.